The van der Waals surface area contributed by atoms with Crippen LogP contribution in [-0.2, 0) is 11.3 Å². The second kappa shape index (κ2) is 7.51. The largest absolute Gasteiger partial charge is 0.472 e. The molecule has 1 heterocycles. The van der Waals surface area contributed by atoms with Crippen LogP contribution in [0.3, 0.4) is 0 Å². The summed E-state index contributed by atoms with van der Waals surface area (Å²) in [5.74, 6) is 0.0881. The monoisotopic (exact) mass is 370 g/mol. The van der Waals surface area contributed by atoms with Crippen molar-refractivity contribution < 1.29 is 14.3 Å². The molecule has 0 aliphatic heterocycles. The summed E-state index contributed by atoms with van der Waals surface area (Å²) in [6.07, 6.45) is 2.44. The van der Waals surface area contributed by atoms with Crippen LogP contribution < -0.4 is 4.74 Å². The van der Waals surface area contributed by atoms with Crippen LogP contribution >= 0.6 is 28.7 Å². The van der Waals surface area contributed by atoms with E-state index in [9.17, 15) is 4.79 Å². The van der Waals surface area contributed by atoms with Crippen molar-refractivity contribution in [1.29, 1.82) is 0 Å². The van der Waals surface area contributed by atoms with Crippen LogP contribution in [0.4, 0.5) is 0 Å². The molecule has 2 aromatic rings. The summed E-state index contributed by atoms with van der Waals surface area (Å²) in [6, 6.07) is 7.06. The normalized spacial score (nSPS) is 10.4. The van der Waals surface area contributed by atoms with Gasteiger partial charge in [-0.2, -0.15) is 0 Å². The second-order valence-electron chi connectivity index (χ2n) is 4.26. The molecule has 0 aliphatic rings. The Balaban J connectivity index is 2.15. The maximum absolute atomic E-state index is 12.1. The third kappa shape index (κ3) is 4.25. The fourth-order valence-electron chi connectivity index (χ4n) is 1.69. The fourth-order valence-corrected chi connectivity index (χ4v) is 2.33. The van der Waals surface area contributed by atoms with Crippen LogP contribution in [0.1, 0.15) is 29.3 Å². The van der Waals surface area contributed by atoms with Crippen LogP contribution in [0.15, 0.2) is 34.9 Å². The molecule has 0 saturated carbocycles. The van der Waals surface area contributed by atoms with Gasteiger partial charge in [0.15, 0.2) is 0 Å². The molecule has 0 amide bonds. The Bertz CT molecular complexity index is 630. The van der Waals surface area contributed by atoms with E-state index in [2.05, 4.69) is 33.8 Å². The van der Waals surface area contributed by atoms with Crippen molar-refractivity contribution >= 4 is 34.7 Å². The van der Waals surface area contributed by atoms with Gasteiger partial charge in [-0.05, 0) is 31.4 Å². The summed E-state index contributed by atoms with van der Waals surface area (Å²) in [4.78, 5) is 12.1. The van der Waals surface area contributed by atoms with E-state index in [1.54, 1.807) is 24.4 Å². The van der Waals surface area contributed by atoms with Gasteiger partial charge in [-0.1, -0.05) is 28.9 Å². The van der Waals surface area contributed by atoms with Crippen LogP contribution in [0.5, 0.6) is 5.88 Å². The van der Waals surface area contributed by atoms with Crippen molar-refractivity contribution in [3.05, 3.63) is 46.1 Å². The number of thiol groups is 1. The topological polar surface area (TPSA) is 53.4 Å². The number of esters is 1. The van der Waals surface area contributed by atoms with Gasteiger partial charge >= 0.3 is 5.97 Å². The quantitative estimate of drug-likeness (QED) is 0.624. The van der Waals surface area contributed by atoms with Gasteiger partial charge in [0.1, 0.15) is 6.61 Å². The van der Waals surface area contributed by atoms with Crippen LogP contribution in [0.2, 0.25) is 0 Å². The second-order valence-corrected chi connectivity index (χ2v) is 5.53. The predicted molar refractivity (Wildman–Crippen MR) is 85.7 cm³/mol. The molecule has 0 unspecified atom stereocenters. The summed E-state index contributed by atoms with van der Waals surface area (Å²) in [7, 11) is 0. The van der Waals surface area contributed by atoms with Gasteiger partial charge in [0.25, 0.3) is 0 Å². The standard InChI is InChI=1S/C14H15BrN2O3S/c1-2-8-19-14(18)10-4-3-5-12(15)11(10)9-20-13-6-7-17(21)16-13/h3-7,21H,2,8-9H2,1H3. The minimum absolute atomic E-state index is 0.211. The predicted octanol–water partition coefficient (Wildman–Crippen LogP) is 3.48. The van der Waals surface area contributed by atoms with Gasteiger partial charge in [-0.25, -0.2) is 8.88 Å². The number of carbonyl (C=O) groups excluding carboxylic acids is 1. The van der Waals surface area contributed by atoms with Gasteiger partial charge in [0.2, 0.25) is 5.88 Å². The van der Waals surface area contributed by atoms with Crippen molar-refractivity contribution in [1.82, 2.24) is 9.19 Å². The third-order valence-electron chi connectivity index (χ3n) is 2.69. The van der Waals surface area contributed by atoms with Crippen molar-refractivity contribution in [2.45, 2.75) is 20.0 Å². The zero-order valence-electron chi connectivity index (χ0n) is 11.5. The van der Waals surface area contributed by atoms with Gasteiger partial charge in [0, 0.05) is 22.3 Å². The number of halogens is 1. The highest BCUT2D eigenvalue weighted by molar-refractivity contribution is 9.10. The smallest absolute Gasteiger partial charge is 0.338 e. The van der Waals surface area contributed by atoms with E-state index in [0.717, 1.165) is 16.5 Å². The molecular formula is C14H15BrN2O3S. The number of hydrogen-bond acceptors (Lipinski definition) is 5. The summed E-state index contributed by atoms with van der Waals surface area (Å²) >= 11 is 7.47. The molecule has 1 aromatic heterocycles. The minimum atomic E-state index is -0.350. The first kappa shape index (κ1) is 15.9. The van der Waals surface area contributed by atoms with Gasteiger partial charge in [-0.3, -0.25) is 0 Å². The Hall–Kier alpha value is -1.47. The number of benzene rings is 1. The van der Waals surface area contributed by atoms with Gasteiger partial charge < -0.3 is 9.47 Å². The average Bonchev–Trinajstić information content (AvgIpc) is 2.89. The molecule has 0 atom stereocenters. The molecule has 0 bridgehead atoms. The first-order chi connectivity index (χ1) is 10.1. The fraction of sp³-hybridized carbons (Fsp3) is 0.286. The molecule has 0 spiro atoms. The number of hydrogen-bond donors (Lipinski definition) is 1. The first-order valence-corrected chi connectivity index (χ1v) is 7.63. The maximum atomic E-state index is 12.1. The number of nitrogens with zero attached hydrogens (tertiary/aromatic N) is 2. The van der Waals surface area contributed by atoms with E-state index in [1.807, 2.05) is 13.0 Å². The molecular weight excluding hydrogens is 356 g/mol. The molecule has 2 rings (SSSR count). The van der Waals surface area contributed by atoms with Crippen molar-refractivity contribution in [2.24, 2.45) is 0 Å². The lowest BCUT2D eigenvalue weighted by molar-refractivity contribution is 0.0502. The Labute approximate surface area is 136 Å². The number of carbonyl (C=O) groups is 1. The zero-order chi connectivity index (χ0) is 15.2. The molecule has 5 nitrogen and oxygen atoms in total. The molecule has 0 aliphatic carbocycles. The summed E-state index contributed by atoms with van der Waals surface area (Å²) in [5.41, 5.74) is 1.22. The van der Waals surface area contributed by atoms with E-state index in [4.69, 9.17) is 9.47 Å². The van der Waals surface area contributed by atoms with Gasteiger partial charge in [0.05, 0.1) is 12.2 Å². The highest BCUT2D eigenvalue weighted by Crippen LogP contribution is 2.23. The lowest BCUT2D eigenvalue weighted by Gasteiger charge is -2.11. The minimum Gasteiger partial charge on any atom is -0.472 e. The molecule has 0 radical (unpaired) electrons. The van der Waals surface area contributed by atoms with E-state index in [1.165, 1.54) is 4.09 Å². The summed E-state index contributed by atoms with van der Waals surface area (Å²) in [5, 5.41) is 4.01. The summed E-state index contributed by atoms with van der Waals surface area (Å²) in [6.45, 7) is 2.56. The molecule has 0 fully saturated rings. The lowest BCUT2D eigenvalue weighted by Crippen LogP contribution is -2.11. The van der Waals surface area contributed by atoms with E-state index in [0.29, 0.717) is 18.1 Å². The van der Waals surface area contributed by atoms with Crippen molar-refractivity contribution in [3.63, 3.8) is 0 Å². The Morgan fingerprint density at radius 2 is 2.24 bits per heavy atom. The van der Waals surface area contributed by atoms with E-state index >= 15 is 0 Å². The van der Waals surface area contributed by atoms with E-state index in [-0.39, 0.29) is 12.6 Å². The summed E-state index contributed by atoms with van der Waals surface area (Å²) < 4.78 is 12.9. The first-order valence-electron chi connectivity index (χ1n) is 6.44. The van der Waals surface area contributed by atoms with Crippen molar-refractivity contribution in [2.75, 3.05) is 6.61 Å². The highest BCUT2D eigenvalue weighted by Gasteiger charge is 2.16. The molecule has 112 valence electrons. The Kier molecular flexibility index (Phi) is 5.69. The van der Waals surface area contributed by atoms with Crippen molar-refractivity contribution in [3.8, 4) is 5.88 Å². The molecule has 1 aromatic carbocycles. The molecule has 21 heavy (non-hydrogen) atoms. The third-order valence-corrected chi connectivity index (χ3v) is 3.66. The number of rotatable bonds is 6. The average molecular weight is 371 g/mol. The lowest BCUT2D eigenvalue weighted by atomic mass is 10.1. The molecule has 0 N–H and O–H groups in total. The van der Waals surface area contributed by atoms with Crippen LogP contribution in [-0.4, -0.2) is 21.8 Å². The van der Waals surface area contributed by atoms with Crippen LogP contribution in [0.25, 0.3) is 0 Å². The Morgan fingerprint density at radius 3 is 2.90 bits per heavy atom. The van der Waals surface area contributed by atoms with Gasteiger partial charge in [-0.15, -0.1) is 5.10 Å². The molecule has 0 saturated heterocycles. The zero-order valence-corrected chi connectivity index (χ0v) is 13.9. The SMILES string of the molecule is CCCOC(=O)c1cccc(Br)c1COc1ccn(S)n1. The number of ether oxygens (including phenoxy) is 2. The van der Waals surface area contributed by atoms with Crippen LogP contribution in [0, 0.1) is 0 Å². The highest BCUT2D eigenvalue weighted by atomic mass is 79.9. The maximum Gasteiger partial charge on any atom is 0.338 e. The Morgan fingerprint density at radius 1 is 1.43 bits per heavy atom. The molecule has 7 heteroatoms. The van der Waals surface area contributed by atoms with E-state index < -0.39 is 0 Å². The number of aromatic nitrogens is 2.